The van der Waals surface area contributed by atoms with E-state index in [0.717, 1.165) is 0 Å². The first-order valence-electron chi connectivity index (χ1n) is 6.54. The van der Waals surface area contributed by atoms with Crippen LogP contribution in [-0.4, -0.2) is 17.3 Å². The third kappa shape index (κ3) is 2.55. The Bertz CT molecular complexity index is 1000. The van der Waals surface area contributed by atoms with Crippen molar-refractivity contribution >= 4 is 45.8 Å². The van der Waals surface area contributed by atoms with Crippen LogP contribution in [0.1, 0.15) is 0 Å². The summed E-state index contributed by atoms with van der Waals surface area (Å²) in [6.45, 7) is 0. The normalized spacial score (nSPS) is 11.0. The van der Waals surface area contributed by atoms with Crippen LogP contribution in [0.15, 0.2) is 33.7 Å². The Morgan fingerprint density at radius 1 is 1.04 bits per heavy atom. The molecule has 3 rings (SSSR count). The van der Waals surface area contributed by atoms with Crippen LogP contribution in [0, 0.1) is 0 Å². The maximum atomic E-state index is 12.8. The van der Waals surface area contributed by atoms with Crippen LogP contribution in [0.4, 0.5) is 0 Å². The molecule has 0 atom stereocenters. The maximum Gasteiger partial charge on any atom is 0.200 e. The van der Waals surface area contributed by atoms with Crippen LogP contribution in [0.5, 0.6) is 17.2 Å². The summed E-state index contributed by atoms with van der Waals surface area (Å²) in [5, 5.41) is 19.5. The minimum atomic E-state index is -0.422. The Balaban J connectivity index is 2.34. The number of fused-ring (bicyclic) bond motifs is 1. The maximum absolute atomic E-state index is 12.8. The summed E-state index contributed by atoms with van der Waals surface area (Å²) in [7, 11) is 1.34. The highest BCUT2D eigenvalue weighted by atomic mass is 35.5. The van der Waals surface area contributed by atoms with Crippen LogP contribution >= 0.6 is 34.8 Å². The number of rotatable bonds is 2. The van der Waals surface area contributed by atoms with Crippen LogP contribution in [0.3, 0.4) is 0 Å². The predicted octanol–water partition coefficient (Wildman–Crippen LogP) is 4.84. The molecule has 124 valence electrons. The summed E-state index contributed by atoms with van der Waals surface area (Å²) in [6, 6.07) is 4.11. The van der Waals surface area contributed by atoms with Crippen molar-refractivity contribution < 1.29 is 19.4 Å². The lowest BCUT2D eigenvalue weighted by Crippen LogP contribution is -2.05. The standard InChI is InChI=1S/C16H9Cl3O5/c1-23-11-4-7-13(20)8(5-24-16(7)12(19)15(11)22)6-2-9(17)14(21)10(18)3-6/h2-5,21-22H,1H3. The number of ether oxygens (including phenoxy) is 1. The fourth-order valence-corrected chi connectivity index (χ4v) is 3.00. The summed E-state index contributed by atoms with van der Waals surface area (Å²) in [5.74, 6) is -0.557. The second-order valence-electron chi connectivity index (χ2n) is 4.89. The third-order valence-corrected chi connectivity index (χ3v) is 4.42. The number of methoxy groups -OCH3 is 1. The van der Waals surface area contributed by atoms with Gasteiger partial charge in [0.1, 0.15) is 11.3 Å². The van der Waals surface area contributed by atoms with Gasteiger partial charge in [0.2, 0.25) is 5.43 Å². The SMILES string of the molecule is COc1cc2c(=O)c(-c3cc(Cl)c(O)c(Cl)c3)coc2c(Cl)c1O. The summed E-state index contributed by atoms with van der Waals surface area (Å²) in [6.07, 6.45) is 1.18. The van der Waals surface area contributed by atoms with E-state index in [1.54, 1.807) is 0 Å². The Kier molecular flexibility index (Phi) is 4.25. The lowest BCUT2D eigenvalue weighted by molar-refractivity contribution is 0.374. The van der Waals surface area contributed by atoms with Gasteiger partial charge in [-0.25, -0.2) is 0 Å². The number of halogens is 3. The van der Waals surface area contributed by atoms with Crippen molar-refractivity contribution in [2.75, 3.05) is 7.11 Å². The molecule has 0 saturated carbocycles. The Morgan fingerprint density at radius 2 is 1.67 bits per heavy atom. The minimum absolute atomic E-state index is 0.00156. The number of aromatic hydroxyl groups is 2. The van der Waals surface area contributed by atoms with Gasteiger partial charge in [0.15, 0.2) is 22.8 Å². The van der Waals surface area contributed by atoms with E-state index in [1.807, 2.05) is 0 Å². The van der Waals surface area contributed by atoms with Gasteiger partial charge in [-0.15, -0.1) is 0 Å². The topological polar surface area (TPSA) is 79.9 Å². The molecule has 24 heavy (non-hydrogen) atoms. The molecule has 0 radical (unpaired) electrons. The quantitative estimate of drug-likeness (QED) is 0.657. The molecule has 8 heteroatoms. The molecular weight excluding hydrogens is 379 g/mol. The second kappa shape index (κ2) is 6.09. The Hall–Kier alpha value is -2.08. The molecule has 0 aliphatic heterocycles. The molecular formula is C16H9Cl3O5. The van der Waals surface area contributed by atoms with Gasteiger partial charge in [-0.2, -0.15) is 0 Å². The van der Waals surface area contributed by atoms with Gasteiger partial charge in [-0.1, -0.05) is 34.8 Å². The van der Waals surface area contributed by atoms with Gasteiger partial charge < -0.3 is 19.4 Å². The third-order valence-electron chi connectivity index (χ3n) is 3.49. The van der Waals surface area contributed by atoms with E-state index in [2.05, 4.69) is 0 Å². The van der Waals surface area contributed by atoms with Crippen molar-refractivity contribution in [3.05, 3.63) is 49.8 Å². The molecule has 3 aromatic rings. The zero-order valence-corrected chi connectivity index (χ0v) is 14.3. The molecule has 0 amide bonds. The van der Waals surface area contributed by atoms with Crippen molar-refractivity contribution in [3.8, 4) is 28.4 Å². The van der Waals surface area contributed by atoms with Crippen LogP contribution in [0.25, 0.3) is 22.1 Å². The lowest BCUT2D eigenvalue weighted by atomic mass is 10.0. The molecule has 0 unspecified atom stereocenters. The fourth-order valence-electron chi connectivity index (χ4n) is 2.28. The van der Waals surface area contributed by atoms with E-state index < -0.39 is 5.43 Å². The van der Waals surface area contributed by atoms with Crippen molar-refractivity contribution in [2.24, 2.45) is 0 Å². The zero-order chi connectivity index (χ0) is 17.6. The molecule has 0 aliphatic rings. The molecule has 0 fully saturated rings. The van der Waals surface area contributed by atoms with Crippen molar-refractivity contribution in [1.29, 1.82) is 0 Å². The first-order chi connectivity index (χ1) is 11.3. The lowest BCUT2D eigenvalue weighted by Gasteiger charge is -2.09. The van der Waals surface area contributed by atoms with E-state index in [4.69, 9.17) is 44.0 Å². The average Bonchev–Trinajstić information content (AvgIpc) is 2.56. The number of benzene rings is 2. The molecule has 1 heterocycles. The first-order valence-corrected chi connectivity index (χ1v) is 7.68. The highest BCUT2D eigenvalue weighted by Crippen LogP contribution is 2.40. The van der Waals surface area contributed by atoms with E-state index in [0.29, 0.717) is 5.56 Å². The number of phenolic OH excluding ortho intramolecular Hbond substituents is 2. The molecule has 0 aliphatic carbocycles. The van der Waals surface area contributed by atoms with Crippen LogP contribution in [-0.2, 0) is 0 Å². The van der Waals surface area contributed by atoms with Crippen molar-refractivity contribution in [3.63, 3.8) is 0 Å². The van der Waals surface area contributed by atoms with Gasteiger partial charge in [-0.3, -0.25) is 4.79 Å². The summed E-state index contributed by atoms with van der Waals surface area (Å²) in [5.41, 5.74) is 0.130. The molecule has 2 aromatic carbocycles. The summed E-state index contributed by atoms with van der Waals surface area (Å²) in [4.78, 5) is 12.8. The monoisotopic (exact) mass is 386 g/mol. The van der Waals surface area contributed by atoms with Gasteiger partial charge in [0.25, 0.3) is 0 Å². The Morgan fingerprint density at radius 3 is 2.25 bits per heavy atom. The van der Waals surface area contributed by atoms with Gasteiger partial charge in [-0.05, 0) is 23.8 Å². The van der Waals surface area contributed by atoms with Crippen LogP contribution < -0.4 is 10.2 Å². The predicted molar refractivity (Wildman–Crippen MR) is 92.8 cm³/mol. The summed E-state index contributed by atoms with van der Waals surface area (Å²) >= 11 is 17.8. The van der Waals surface area contributed by atoms with E-state index in [-0.39, 0.29) is 48.8 Å². The van der Waals surface area contributed by atoms with Gasteiger partial charge >= 0.3 is 0 Å². The van der Waals surface area contributed by atoms with Crippen LogP contribution in [0.2, 0.25) is 15.1 Å². The minimum Gasteiger partial charge on any atom is -0.505 e. The van der Waals surface area contributed by atoms with Crippen molar-refractivity contribution in [1.82, 2.24) is 0 Å². The average molecular weight is 388 g/mol. The smallest absolute Gasteiger partial charge is 0.200 e. The van der Waals surface area contributed by atoms with Gasteiger partial charge in [0, 0.05) is 0 Å². The highest BCUT2D eigenvalue weighted by Gasteiger charge is 2.19. The largest absolute Gasteiger partial charge is 0.505 e. The van der Waals surface area contributed by atoms with Gasteiger partial charge in [0.05, 0.1) is 28.1 Å². The van der Waals surface area contributed by atoms with E-state index in [9.17, 15) is 15.0 Å². The van der Waals surface area contributed by atoms with E-state index in [1.165, 1.54) is 31.6 Å². The highest BCUT2D eigenvalue weighted by molar-refractivity contribution is 6.37. The molecule has 5 nitrogen and oxygen atoms in total. The fraction of sp³-hybridized carbons (Fsp3) is 0.0625. The Labute approximate surface area is 150 Å². The van der Waals surface area contributed by atoms with E-state index >= 15 is 0 Å². The molecule has 1 aromatic heterocycles. The molecule has 0 spiro atoms. The number of hydrogen-bond acceptors (Lipinski definition) is 5. The molecule has 0 saturated heterocycles. The van der Waals surface area contributed by atoms with Crippen molar-refractivity contribution in [2.45, 2.75) is 0 Å². The zero-order valence-electron chi connectivity index (χ0n) is 12.1. The molecule has 0 bridgehead atoms. The number of hydrogen-bond donors (Lipinski definition) is 2. The summed E-state index contributed by atoms with van der Waals surface area (Å²) < 4.78 is 10.4. The molecule has 2 N–H and O–H groups in total. The second-order valence-corrected chi connectivity index (χ2v) is 6.08. The first kappa shape index (κ1) is 16.8. The number of phenols is 2.